The molecule has 2 aromatic heterocycles. The molecule has 0 saturated heterocycles. The highest BCUT2D eigenvalue weighted by Crippen LogP contribution is 2.40. The van der Waals surface area contributed by atoms with E-state index in [1.807, 2.05) is 0 Å². The molecule has 0 spiro atoms. The zero-order valence-corrected chi connectivity index (χ0v) is 21.4. The molecule has 0 aliphatic heterocycles. The number of nitrogens with one attached hydrogen (secondary N) is 2. The molecule has 2 N–H and O–H groups in total. The van der Waals surface area contributed by atoms with Gasteiger partial charge in [0.15, 0.2) is 0 Å². The molecule has 0 bridgehead atoms. The summed E-state index contributed by atoms with van der Waals surface area (Å²) in [5.74, 6) is 0.991. The van der Waals surface area contributed by atoms with Crippen LogP contribution in [0.2, 0.25) is 0 Å². The van der Waals surface area contributed by atoms with Crippen molar-refractivity contribution in [3.63, 3.8) is 0 Å². The molecule has 2 atom stereocenters. The summed E-state index contributed by atoms with van der Waals surface area (Å²) in [5.41, 5.74) is 3.47. The lowest BCUT2D eigenvalue weighted by molar-refractivity contribution is -0.118. The molecule has 0 radical (unpaired) electrons. The van der Waals surface area contributed by atoms with Gasteiger partial charge in [0.2, 0.25) is 11.8 Å². The van der Waals surface area contributed by atoms with Crippen molar-refractivity contribution in [2.45, 2.75) is 78.1 Å². The fraction of sp³-hybridized carbons (Fsp3) is 0.538. The molecule has 0 saturated carbocycles. The first-order valence-electron chi connectivity index (χ1n) is 12.1. The van der Waals surface area contributed by atoms with Crippen LogP contribution in [0, 0.1) is 34.5 Å². The second-order valence-electron chi connectivity index (χ2n) is 9.64. The van der Waals surface area contributed by atoms with Crippen molar-refractivity contribution in [2.24, 2.45) is 11.8 Å². The maximum absolute atomic E-state index is 12.5. The Morgan fingerprint density at radius 3 is 1.62 bits per heavy atom. The number of hydrogen-bond acceptors (Lipinski definition) is 6. The van der Waals surface area contributed by atoms with Gasteiger partial charge in [-0.25, -0.2) is 0 Å². The van der Waals surface area contributed by atoms with Crippen molar-refractivity contribution in [1.29, 1.82) is 10.5 Å². The molecule has 2 aromatic rings. The highest BCUT2D eigenvalue weighted by Gasteiger charge is 2.26. The summed E-state index contributed by atoms with van der Waals surface area (Å²) in [5, 5.41) is 26.4. The topological polar surface area (TPSA) is 106 Å². The number of hydrogen-bond donors (Lipinski definition) is 2. The number of fused-ring (bicyclic) bond motifs is 2. The van der Waals surface area contributed by atoms with Crippen molar-refractivity contribution >= 4 is 44.5 Å². The zero-order valence-electron chi connectivity index (χ0n) is 19.8. The van der Waals surface area contributed by atoms with E-state index >= 15 is 0 Å². The molecule has 0 fully saturated rings. The lowest BCUT2D eigenvalue weighted by Crippen LogP contribution is -2.13. The minimum absolute atomic E-state index is 0.115. The maximum atomic E-state index is 12.5. The lowest BCUT2D eigenvalue weighted by Gasteiger charge is -2.17. The number of nitriles is 2. The van der Waals surface area contributed by atoms with Crippen LogP contribution in [-0.4, -0.2) is 11.8 Å². The van der Waals surface area contributed by atoms with E-state index in [0.29, 0.717) is 58.6 Å². The van der Waals surface area contributed by atoms with Gasteiger partial charge in [-0.3, -0.25) is 9.59 Å². The Kier molecular flexibility index (Phi) is 7.70. The molecule has 34 heavy (non-hydrogen) atoms. The van der Waals surface area contributed by atoms with Gasteiger partial charge < -0.3 is 10.6 Å². The Morgan fingerprint density at radius 2 is 1.24 bits per heavy atom. The van der Waals surface area contributed by atoms with Crippen molar-refractivity contribution in [1.82, 2.24) is 0 Å². The summed E-state index contributed by atoms with van der Waals surface area (Å²) in [6, 6.07) is 4.56. The maximum Gasteiger partial charge on any atom is 0.225 e. The lowest BCUT2D eigenvalue weighted by atomic mass is 9.88. The van der Waals surface area contributed by atoms with Gasteiger partial charge in [0.1, 0.15) is 22.1 Å². The molecule has 6 nitrogen and oxygen atoms in total. The number of carbonyl (C=O) groups excluding carboxylic acids is 2. The van der Waals surface area contributed by atoms with Crippen LogP contribution in [0.15, 0.2) is 0 Å². The van der Waals surface area contributed by atoms with Crippen LogP contribution >= 0.6 is 22.7 Å². The second-order valence-corrected chi connectivity index (χ2v) is 11.8. The molecular formula is C26H30N4O2S2. The predicted molar refractivity (Wildman–Crippen MR) is 136 cm³/mol. The van der Waals surface area contributed by atoms with E-state index in [0.717, 1.165) is 49.7 Å². The summed E-state index contributed by atoms with van der Waals surface area (Å²) in [4.78, 5) is 27.4. The van der Waals surface area contributed by atoms with Gasteiger partial charge in [0, 0.05) is 22.6 Å². The van der Waals surface area contributed by atoms with Crippen LogP contribution < -0.4 is 10.6 Å². The van der Waals surface area contributed by atoms with Crippen LogP contribution in [0.4, 0.5) is 10.0 Å². The average molecular weight is 495 g/mol. The normalized spacial score (nSPS) is 18.8. The fourth-order valence-corrected chi connectivity index (χ4v) is 7.62. The number of nitrogens with zero attached hydrogens (tertiary/aromatic N) is 2. The largest absolute Gasteiger partial charge is 0.317 e. The van der Waals surface area contributed by atoms with Crippen LogP contribution in [0.25, 0.3) is 0 Å². The molecule has 2 amide bonds. The zero-order chi connectivity index (χ0) is 24.2. The van der Waals surface area contributed by atoms with Gasteiger partial charge in [-0.15, -0.1) is 22.7 Å². The molecule has 0 aromatic carbocycles. The number of thiophene rings is 2. The molecule has 178 valence electrons. The predicted octanol–water partition coefficient (Wildman–Crippen LogP) is 5.94. The minimum atomic E-state index is -0.115. The van der Waals surface area contributed by atoms with E-state index in [2.05, 4.69) is 36.6 Å². The Bertz CT molecular complexity index is 1090. The van der Waals surface area contributed by atoms with E-state index in [-0.39, 0.29) is 11.8 Å². The van der Waals surface area contributed by atoms with E-state index in [1.54, 1.807) is 0 Å². The third-order valence-corrected chi connectivity index (χ3v) is 9.15. The Labute approximate surface area is 209 Å². The number of carbonyl (C=O) groups is 2. The highest BCUT2D eigenvalue weighted by atomic mass is 32.1. The summed E-state index contributed by atoms with van der Waals surface area (Å²) >= 11 is 3.07. The summed E-state index contributed by atoms with van der Waals surface area (Å²) in [6.07, 6.45) is 7.71. The Hall–Kier alpha value is -2.68. The molecule has 4 rings (SSSR count). The summed E-state index contributed by atoms with van der Waals surface area (Å²) < 4.78 is 0. The number of amides is 2. The van der Waals surface area contributed by atoms with Gasteiger partial charge in [0.25, 0.3) is 0 Å². The second kappa shape index (κ2) is 10.7. The monoisotopic (exact) mass is 494 g/mol. The number of rotatable bonds is 7. The fourth-order valence-electron chi connectivity index (χ4n) is 4.86. The quantitative estimate of drug-likeness (QED) is 0.465. The molecule has 8 heteroatoms. The van der Waals surface area contributed by atoms with Crippen LogP contribution in [-0.2, 0) is 35.3 Å². The standard InChI is InChI=1S/C26H30N4O2S2/c1-15-7-9-17-19(13-27)25(33-21(17)11-15)29-23(31)5-3-4-6-24(32)30-26-20(14-28)18-10-8-16(2)12-22(18)34-26/h15-16H,3-12H2,1-2H3,(H,29,31)(H,30,32)/t15-,16-/m1/s1. The van der Waals surface area contributed by atoms with E-state index < -0.39 is 0 Å². The van der Waals surface area contributed by atoms with E-state index in [4.69, 9.17) is 0 Å². The highest BCUT2D eigenvalue weighted by molar-refractivity contribution is 7.17. The van der Waals surface area contributed by atoms with Crippen LogP contribution in [0.3, 0.4) is 0 Å². The molecule has 2 aliphatic rings. The minimum Gasteiger partial charge on any atom is -0.317 e. The SMILES string of the molecule is C[C@@H]1CCc2c(sc(NC(=O)CCCCC(=O)Nc3sc4c(c3C#N)CC[C@@H](C)C4)c2C#N)C1. The first kappa shape index (κ1) is 24.4. The molecule has 2 heterocycles. The van der Waals surface area contributed by atoms with E-state index in [1.165, 1.54) is 32.4 Å². The van der Waals surface area contributed by atoms with Crippen molar-refractivity contribution in [3.8, 4) is 12.1 Å². The third kappa shape index (κ3) is 5.35. The number of anilines is 2. The smallest absolute Gasteiger partial charge is 0.225 e. The van der Waals surface area contributed by atoms with Gasteiger partial charge in [-0.2, -0.15) is 10.5 Å². The van der Waals surface area contributed by atoms with Crippen molar-refractivity contribution in [3.05, 3.63) is 32.0 Å². The van der Waals surface area contributed by atoms with Gasteiger partial charge in [-0.05, 0) is 74.3 Å². The Balaban J connectivity index is 1.25. The number of unbranched alkanes of at least 4 members (excludes halogenated alkanes) is 1. The van der Waals surface area contributed by atoms with Crippen LogP contribution in [0.5, 0.6) is 0 Å². The third-order valence-electron chi connectivity index (χ3n) is 6.81. The van der Waals surface area contributed by atoms with Gasteiger partial charge in [-0.1, -0.05) is 13.8 Å². The Morgan fingerprint density at radius 1 is 0.824 bits per heavy atom. The van der Waals surface area contributed by atoms with Crippen molar-refractivity contribution < 1.29 is 9.59 Å². The average Bonchev–Trinajstić information content (AvgIpc) is 3.31. The first-order chi connectivity index (χ1) is 16.4. The first-order valence-corrected chi connectivity index (χ1v) is 13.7. The molecular weight excluding hydrogens is 464 g/mol. The van der Waals surface area contributed by atoms with Crippen molar-refractivity contribution in [2.75, 3.05) is 10.6 Å². The van der Waals surface area contributed by atoms with Crippen LogP contribution in [0.1, 0.15) is 84.4 Å². The summed E-state index contributed by atoms with van der Waals surface area (Å²) in [6.45, 7) is 4.44. The van der Waals surface area contributed by atoms with E-state index in [9.17, 15) is 20.1 Å². The van der Waals surface area contributed by atoms with Gasteiger partial charge in [0.05, 0.1) is 11.1 Å². The molecule has 0 unspecified atom stereocenters. The van der Waals surface area contributed by atoms with Gasteiger partial charge >= 0.3 is 0 Å². The summed E-state index contributed by atoms with van der Waals surface area (Å²) in [7, 11) is 0. The molecule has 2 aliphatic carbocycles.